The molecule has 3 rings (SSSR count). The van der Waals surface area contributed by atoms with Crippen LogP contribution in [0.1, 0.15) is 32.0 Å². The van der Waals surface area contributed by atoms with Crippen LogP contribution < -0.4 is 16.0 Å². The van der Waals surface area contributed by atoms with Gasteiger partial charge in [-0.15, -0.1) is 11.3 Å². The van der Waals surface area contributed by atoms with E-state index in [0.29, 0.717) is 32.8 Å². The minimum absolute atomic E-state index is 0.234. The first-order valence-electron chi connectivity index (χ1n) is 9.99. The summed E-state index contributed by atoms with van der Waals surface area (Å²) in [5.74, 6) is -0.549. The molecule has 0 saturated carbocycles. The van der Waals surface area contributed by atoms with Gasteiger partial charge in [0.1, 0.15) is 0 Å². The van der Waals surface area contributed by atoms with Gasteiger partial charge < -0.3 is 15.4 Å². The summed E-state index contributed by atoms with van der Waals surface area (Å²) in [6.45, 7) is 0.559. The van der Waals surface area contributed by atoms with E-state index in [4.69, 9.17) is 16.3 Å². The Bertz CT molecular complexity index is 1120. The molecule has 3 amide bonds. The fourth-order valence-electron chi connectivity index (χ4n) is 2.77. The number of nitrogens with one attached hydrogen (secondary N) is 3. The molecule has 0 aliphatic carbocycles. The highest BCUT2D eigenvalue weighted by molar-refractivity contribution is 9.09. The molecule has 172 valence electrons. The van der Waals surface area contributed by atoms with Crippen molar-refractivity contribution in [3.05, 3.63) is 81.0 Å². The Balaban J connectivity index is 1.57. The SMILES string of the molecule is O=C(Nc1ccc(C(=O)Nc2ccccc2CNC(=O)c2ccc(Cl)s2)cc1)OCCCBr. The minimum Gasteiger partial charge on any atom is -0.449 e. The third-order valence-corrected chi connectivity index (χ3v) is 6.20. The number of carbonyl (C=O) groups is 3. The molecule has 1 heterocycles. The van der Waals surface area contributed by atoms with Crippen molar-refractivity contribution < 1.29 is 19.1 Å². The summed E-state index contributed by atoms with van der Waals surface area (Å²) in [7, 11) is 0. The summed E-state index contributed by atoms with van der Waals surface area (Å²) in [6, 6.07) is 17.0. The molecular weight excluding hydrogens is 530 g/mol. The van der Waals surface area contributed by atoms with E-state index in [2.05, 4.69) is 31.9 Å². The van der Waals surface area contributed by atoms with E-state index in [-0.39, 0.29) is 18.4 Å². The molecule has 0 aliphatic heterocycles. The molecule has 0 atom stereocenters. The van der Waals surface area contributed by atoms with Crippen molar-refractivity contribution in [2.24, 2.45) is 0 Å². The maximum atomic E-state index is 12.7. The zero-order chi connectivity index (χ0) is 23.6. The van der Waals surface area contributed by atoms with Gasteiger partial charge in [-0.1, -0.05) is 45.7 Å². The summed E-state index contributed by atoms with van der Waals surface area (Å²) in [5, 5.41) is 9.06. The fourth-order valence-corrected chi connectivity index (χ4v) is 3.96. The predicted molar refractivity (Wildman–Crippen MR) is 135 cm³/mol. The summed E-state index contributed by atoms with van der Waals surface area (Å²) in [6.07, 6.45) is 0.175. The van der Waals surface area contributed by atoms with E-state index < -0.39 is 6.09 Å². The Morgan fingerprint density at radius 3 is 2.39 bits per heavy atom. The third-order valence-electron chi connectivity index (χ3n) is 4.41. The van der Waals surface area contributed by atoms with Crippen LogP contribution in [0.25, 0.3) is 0 Å². The zero-order valence-electron chi connectivity index (χ0n) is 17.4. The number of carbonyl (C=O) groups excluding carboxylic acids is 3. The van der Waals surface area contributed by atoms with Gasteiger partial charge in [0.25, 0.3) is 11.8 Å². The number of ether oxygens (including phenoxy) is 1. The third kappa shape index (κ3) is 7.59. The molecule has 10 heteroatoms. The first-order chi connectivity index (χ1) is 16.0. The summed E-state index contributed by atoms with van der Waals surface area (Å²) in [5.41, 5.74) is 2.28. The highest BCUT2D eigenvalue weighted by atomic mass is 79.9. The molecule has 33 heavy (non-hydrogen) atoms. The van der Waals surface area contributed by atoms with Crippen LogP contribution in [0.2, 0.25) is 4.34 Å². The van der Waals surface area contributed by atoms with Gasteiger partial charge in [-0.3, -0.25) is 14.9 Å². The number of halogens is 2. The van der Waals surface area contributed by atoms with E-state index in [1.54, 1.807) is 48.5 Å². The molecule has 1 aromatic heterocycles. The summed E-state index contributed by atoms with van der Waals surface area (Å²) in [4.78, 5) is 37.2. The van der Waals surface area contributed by atoms with Crippen molar-refractivity contribution in [3.8, 4) is 0 Å². The molecular formula is C23H21BrClN3O4S. The van der Waals surface area contributed by atoms with E-state index in [9.17, 15) is 14.4 Å². The number of hydrogen-bond donors (Lipinski definition) is 3. The van der Waals surface area contributed by atoms with Crippen LogP contribution in [-0.4, -0.2) is 29.8 Å². The van der Waals surface area contributed by atoms with Crippen molar-refractivity contribution in [1.82, 2.24) is 5.32 Å². The van der Waals surface area contributed by atoms with Gasteiger partial charge in [0.05, 0.1) is 15.8 Å². The first kappa shape index (κ1) is 24.8. The average Bonchev–Trinajstić information content (AvgIpc) is 3.25. The van der Waals surface area contributed by atoms with Crippen LogP contribution in [0, 0.1) is 0 Å². The normalized spacial score (nSPS) is 10.4. The molecule has 3 N–H and O–H groups in total. The number of alkyl halides is 1. The van der Waals surface area contributed by atoms with Crippen molar-refractivity contribution in [1.29, 1.82) is 0 Å². The Kier molecular flexibility index (Phi) is 9.29. The fraction of sp³-hybridized carbons (Fsp3) is 0.174. The minimum atomic E-state index is -0.547. The van der Waals surface area contributed by atoms with E-state index in [1.807, 2.05) is 12.1 Å². The van der Waals surface area contributed by atoms with Crippen LogP contribution in [0.4, 0.5) is 16.2 Å². The van der Waals surface area contributed by atoms with Gasteiger partial charge in [0.15, 0.2) is 0 Å². The molecule has 0 fully saturated rings. The van der Waals surface area contributed by atoms with Gasteiger partial charge in [-0.25, -0.2) is 4.79 Å². The number of para-hydroxylation sites is 1. The van der Waals surface area contributed by atoms with Crippen LogP contribution in [0.15, 0.2) is 60.7 Å². The maximum absolute atomic E-state index is 12.7. The standard InChI is InChI=1S/C23H21BrClN3O4S/c24-12-3-13-32-23(31)27-17-8-6-15(7-9-17)21(29)28-18-5-2-1-4-16(18)14-26-22(30)19-10-11-20(25)33-19/h1-2,4-11H,3,12-14H2,(H,26,30)(H,27,31)(H,28,29). The maximum Gasteiger partial charge on any atom is 0.411 e. The largest absolute Gasteiger partial charge is 0.449 e. The van der Waals surface area contributed by atoms with Gasteiger partial charge in [0, 0.05) is 28.8 Å². The van der Waals surface area contributed by atoms with Gasteiger partial charge >= 0.3 is 6.09 Å². The van der Waals surface area contributed by atoms with Crippen LogP contribution in [0.3, 0.4) is 0 Å². The predicted octanol–water partition coefficient (Wildman–Crippen LogP) is 5.92. The number of rotatable bonds is 9. The highest BCUT2D eigenvalue weighted by Crippen LogP contribution is 2.22. The monoisotopic (exact) mass is 549 g/mol. The Morgan fingerprint density at radius 1 is 0.939 bits per heavy atom. The zero-order valence-corrected chi connectivity index (χ0v) is 20.6. The quantitative estimate of drug-likeness (QED) is 0.228. The Morgan fingerprint density at radius 2 is 1.70 bits per heavy atom. The second kappa shape index (κ2) is 12.4. The van der Waals surface area contributed by atoms with Crippen LogP contribution >= 0.6 is 38.9 Å². The lowest BCUT2D eigenvalue weighted by molar-refractivity contribution is 0.0954. The number of thiophene rings is 1. The average molecular weight is 551 g/mol. The molecule has 0 spiro atoms. The molecule has 0 bridgehead atoms. The number of hydrogen-bond acceptors (Lipinski definition) is 5. The Labute approximate surface area is 208 Å². The van der Waals surface area contributed by atoms with E-state index in [1.165, 1.54) is 11.3 Å². The van der Waals surface area contributed by atoms with Crippen LogP contribution in [0.5, 0.6) is 0 Å². The molecule has 0 radical (unpaired) electrons. The van der Waals surface area contributed by atoms with Gasteiger partial charge in [0.2, 0.25) is 0 Å². The highest BCUT2D eigenvalue weighted by Gasteiger charge is 2.12. The van der Waals surface area contributed by atoms with Crippen LogP contribution in [-0.2, 0) is 11.3 Å². The summed E-state index contributed by atoms with van der Waals surface area (Å²) < 4.78 is 5.57. The number of amides is 3. The molecule has 7 nitrogen and oxygen atoms in total. The van der Waals surface area contributed by atoms with Crippen molar-refractivity contribution in [3.63, 3.8) is 0 Å². The lowest BCUT2D eigenvalue weighted by atomic mass is 10.1. The molecule has 2 aromatic carbocycles. The number of benzene rings is 2. The molecule has 0 aliphatic rings. The molecule has 0 unspecified atom stereocenters. The molecule has 0 saturated heterocycles. The first-order valence-corrected chi connectivity index (χ1v) is 12.3. The summed E-state index contributed by atoms with van der Waals surface area (Å²) >= 11 is 10.4. The topological polar surface area (TPSA) is 96.5 Å². The van der Waals surface area contributed by atoms with Crippen molar-refractivity contribution >= 4 is 68.2 Å². The van der Waals surface area contributed by atoms with E-state index >= 15 is 0 Å². The number of anilines is 2. The lowest BCUT2D eigenvalue weighted by Crippen LogP contribution is -2.23. The second-order valence-electron chi connectivity index (χ2n) is 6.78. The van der Waals surface area contributed by atoms with Crippen molar-refractivity contribution in [2.45, 2.75) is 13.0 Å². The lowest BCUT2D eigenvalue weighted by Gasteiger charge is -2.12. The molecule has 3 aromatic rings. The second-order valence-corrected chi connectivity index (χ2v) is 9.29. The smallest absolute Gasteiger partial charge is 0.411 e. The Hall–Kier alpha value is -2.88. The van der Waals surface area contributed by atoms with Gasteiger partial charge in [-0.05, 0) is 54.4 Å². The van der Waals surface area contributed by atoms with E-state index in [0.717, 1.165) is 17.3 Å². The van der Waals surface area contributed by atoms with Crippen molar-refractivity contribution in [2.75, 3.05) is 22.6 Å². The van der Waals surface area contributed by atoms with Gasteiger partial charge in [-0.2, -0.15) is 0 Å².